The summed E-state index contributed by atoms with van der Waals surface area (Å²) in [4.78, 5) is 28.6. The lowest BCUT2D eigenvalue weighted by molar-refractivity contribution is -0.136. The monoisotopic (exact) mass is 347 g/mol. The topological polar surface area (TPSA) is 61.9 Å². The van der Waals surface area contributed by atoms with E-state index in [-0.39, 0.29) is 24.3 Å². The fourth-order valence-electron chi connectivity index (χ4n) is 2.76. The summed E-state index contributed by atoms with van der Waals surface area (Å²) in [5.41, 5.74) is 1.84. The molecule has 2 rings (SSSR count). The van der Waals surface area contributed by atoms with E-state index in [0.29, 0.717) is 18.8 Å². The van der Waals surface area contributed by atoms with Crippen LogP contribution >= 0.6 is 0 Å². The van der Waals surface area contributed by atoms with Crippen LogP contribution in [0.15, 0.2) is 24.3 Å². The molecule has 2 amide bonds. The lowest BCUT2D eigenvalue weighted by atomic mass is 10.2. The van der Waals surface area contributed by atoms with Crippen molar-refractivity contribution in [3.8, 4) is 0 Å². The zero-order chi connectivity index (χ0) is 18.2. The average Bonchev–Trinajstić information content (AvgIpc) is 3.06. The molecule has 0 aromatic heterocycles. The normalized spacial score (nSPS) is 16.9. The predicted molar refractivity (Wildman–Crippen MR) is 98.5 cm³/mol. The minimum atomic E-state index is -0.281. The van der Waals surface area contributed by atoms with Crippen molar-refractivity contribution in [2.45, 2.75) is 32.3 Å². The van der Waals surface area contributed by atoms with Gasteiger partial charge in [0.2, 0.25) is 11.8 Å². The van der Waals surface area contributed by atoms with Gasteiger partial charge in [-0.05, 0) is 46.0 Å². The minimum absolute atomic E-state index is 0.0891. The summed E-state index contributed by atoms with van der Waals surface area (Å²) < 4.78 is 5.64. The third-order valence-electron chi connectivity index (χ3n) is 4.26. The Labute approximate surface area is 150 Å². The number of nitrogens with zero attached hydrogens (tertiary/aromatic N) is 2. The number of ether oxygens (including phenoxy) is 1. The Hall–Kier alpha value is -1.92. The minimum Gasteiger partial charge on any atom is -0.376 e. The summed E-state index contributed by atoms with van der Waals surface area (Å²) in [6, 6.07) is 7.54. The second-order valence-electron chi connectivity index (χ2n) is 6.87. The van der Waals surface area contributed by atoms with Crippen LogP contribution in [0.2, 0.25) is 0 Å². The quantitative estimate of drug-likeness (QED) is 0.730. The van der Waals surface area contributed by atoms with E-state index in [1.807, 2.05) is 50.2 Å². The van der Waals surface area contributed by atoms with Crippen molar-refractivity contribution in [2.24, 2.45) is 0 Å². The summed E-state index contributed by atoms with van der Waals surface area (Å²) in [5.74, 6) is -0.432. The van der Waals surface area contributed by atoms with Crippen LogP contribution < -0.4 is 5.32 Å². The van der Waals surface area contributed by atoms with Gasteiger partial charge in [-0.1, -0.05) is 17.7 Å². The van der Waals surface area contributed by atoms with Gasteiger partial charge in [0.25, 0.3) is 0 Å². The van der Waals surface area contributed by atoms with Crippen LogP contribution in [0.1, 0.15) is 24.8 Å². The van der Waals surface area contributed by atoms with E-state index in [0.717, 1.165) is 31.6 Å². The molecule has 0 spiro atoms. The maximum absolute atomic E-state index is 12.6. The first kappa shape index (κ1) is 19.4. The Morgan fingerprint density at radius 1 is 1.20 bits per heavy atom. The van der Waals surface area contributed by atoms with Crippen LogP contribution in [-0.4, -0.2) is 68.1 Å². The molecule has 6 heteroatoms. The molecule has 138 valence electrons. The molecule has 25 heavy (non-hydrogen) atoms. The zero-order valence-electron chi connectivity index (χ0n) is 15.5. The van der Waals surface area contributed by atoms with Gasteiger partial charge in [0, 0.05) is 31.9 Å². The molecule has 1 aliphatic heterocycles. The first-order valence-corrected chi connectivity index (χ1v) is 8.84. The van der Waals surface area contributed by atoms with Crippen LogP contribution in [0.3, 0.4) is 0 Å². The third-order valence-corrected chi connectivity index (χ3v) is 4.26. The molecule has 0 aliphatic carbocycles. The first-order valence-electron chi connectivity index (χ1n) is 8.84. The molecule has 6 nitrogen and oxygen atoms in total. The van der Waals surface area contributed by atoms with Gasteiger partial charge in [0.1, 0.15) is 6.42 Å². The molecule has 0 bridgehead atoms. The summed E-state index contributed by atoms with van der Waals surface area (Å²) in [7, 11) is 3.94. The van der Waals surface area contributed by atoms with Crippen LogP contribution in [-0.2, 0) is 14.3 Å². The Morgan fingerprint density at radius 2 is 1.92 bits per heavy atom. The number of likely N-dealkylation sites (N-methyl/N-ethyl adjacent to an activating group) is 1. The van der Waals surface area contributed by atoms with Crippen molar-refractivity contribution < 1.29 is 14.3 Å². The second-order valence-corrected chi connectivity index (χ2v) is 6.87. The molecule has 1 aliphatic rings. The molecule has 1 heterocycles. The molecular weight excluding hydrogens is 318 g/mol. The second kappa shape index (κ2) is 9.53. The molecule has 1 fully saturated rings. The molecule has 1 atom stereocenters. The highest BCUT2D eigenvalue weighted by Crippen LogP contribution is 2.14. The molecule has 0 saturated carbocycles. The van der Waals surface area contributed by atoms with E-state index in [9.17, 15) is 9.59 Å². The van der Waals surface area contributed by atoms with Crippen LogP contribution in [0.4, 0.5) is 5.69 Å². The number of nitrogens with one attached hydrogen (secondary N) is 1. The number of carbonyl (C=O) groups is 2. The molecule has 0 unspecified atom stereocenters. The van der Waals surface area contributed by atoms with Gasteiger partial charge in [0.05, 0.1) is 6.10 Å². The average molecular weight is 347 g/mol. The number of aryl methyl sites for hydroxylation is 1. The molecule has 1 N–H and O–H groups in total. The fourth-order valence-corrected chi connectivity index (χ4v) is 2.76. The number of rotatable bonds is 8. The zero-order valence-corrected chi connectivity index (χ0v) is 15.5. The standard InChI is InChI=1S/C19H29N3O3/c1-15-6-8-16(9-7-15)20-18(23)13-19(24)22(11-10-21(2)3)14-17-5-4-12-25-17/h6-9,17H,4-5,10-14H2,1-3H3,(H,20,23)/t17-/m0/s1. The van der Waals surface area contributed by atoms with Crippen LogP contribution in [0.5, 0.6) is 0 Å². The number of carbonyl (C=O) groups excluding carboxylic acids is 2. The number of anilines is 1. The van der Waals surface area contributed by atoms with Crippen molar-refractivity contribution in [2.75, 3.05) is 45.7 Å². The van der Waals surface area contributed by atoms with Crippen LogP contribution in [0, 0.1) is 6.92 Å². The summed E-state index contributed by atoms with van der Waals surface area (Å²) in [6.07, 6.45) is 1.95. The van der Waals surface area contributed by atoms with E-state index in [1.165, 1.54) is 0 Å². The number of hydrogen-bond acceptors (Lipinski definition) is 4. The number of hydrogen-bond donors (Lipinski definition) is 1. The Kier molecular flexibility index (Phi) is 7.40. The van der Waals surface area contributed by atoms with Gasteiger partial charge in [-0.25, -0.2) is 0 Å². The highest BCUT2D eigenvalue weighted by molar-refractivity contribution is 6.03. The highest BCUT2D eigenvalue weighted by atomic mass is 16.5. The van der Waals surface area contributed by atoms with E-state index in [4.69, 9.17) is 4.74 Å². The SMILES string of the molecule is Cc1ccc(NC(=O)CC(=O)N(CCN(C)C)C[C@@H]2CCCO2)cc1. The number of amides is 2. The summed E-state index contributed by atoms with van der Waals surface area (Å²) in [6.45, 7) is 4.67. The molecule has 1 aromatic rings. The Morgan fingerprint density at radius 3 is 2.52 bits per heavy atom. The van der Waals surface area contributed by atoms with Gasteiger partial charge in [-0.15, -0.1) is 0 Å². The van der Waals surface area contributed by atoms with E-state index in [1.54, 1.807) is 4.90 Å². The maximum atomic E-state index is 12.6. The van der Waals surface area contributed by atoms with Crippen LogP contribution in [0.25, 0.3) is 0 Å². The van der Waals surface area contributed by atoms with Gasteiger partial charge in [-0.3, -0.25) is 9.59 Å². The maximum Gasteiger partial charge on any atom is 0.233 e. The smallest absolute Gasteiger partial charge is 0.233 e. The summed E-state index contributed by atoms with van der Waals surface area (Å²) >= 11 is 0. The van der Waals surface area contributed by atoms with Crippen molar-refractivity contribution in [3.05, 3.63) is 29.8 Å². The Bertz CT molecular complexity index is 566. The van der Waals surface area contributed by atoms with Crippen molar-refractivity contribution >= 4 is 17.5 Å². The molecule has 1 aromatic carbocycles. The van der Waals surface area contributed by atoms with Gasteiger partial charge >= 0.3 is 0 Å². The van der Waals surface area contributed by atoms with Crippen molar-refractivity contribution in [1.29, 1.82) is 0 Å². The van der Waals surface area contributed by atoms with Crippen molar-refractivity contribution in [1.82, 2.24) is 9.80 Å². The molecular formula is C19H29N3O3. The lowest BCUT2D eigenvalue weighted by Crippen LogP contribution is -2.42. The van der Waals surface area contributed by atoms with E-state index in [2.05, 4.69) is 5.32 Å². The van der Waals surface area contributed by atoms with Gasteiger partial charge < -0.3 is 19.9 Å². The summed E-state index contributed by atoms with van der Waals surface area (Å²) in [5, 5.41) is 2.79. The highest BCUT2D eigenvalue weighted by Gasteiger charge is 2.24. The molecule has 0 radical (unpaired) electrons. The van der Waals surface area contributed by atoms with E-state index >= 15 is 0 Å². The van der Waals surface area contributed by atoms with Crippen molar-refractivity contribution in [3.63, 3.8) is 0 Å². The first-order chi connectivity index (χ1) is 11.9. The largest absolute Gasteiger partial charge is 0.376 e. The van der Waals surface area contributed by atoms with E-state index < -0.39 is 0 Å². The lowest BCUT2D eigenvalue weighted by Gasteiger charge is -2.26. The predicted octanol–water partition coefficient (Wildman–Crippen LogP) is 1.89. The fraction of sp³-hybridized carbons (Fsp3) is 0.579. The number of benzene rings is 1. The third kappa shape index (κ3) is 6.84. The molecule has 1 saturated heterocycles. The van der Waals surface area contributed by atoms with Gasteiger partial charge in [-0.2, -0.15) is 0 Å². The Balaban J connectivity index is 1.89. The van der Waals surface area contributed by atoms with Gasteiger partial charge in [0.15, 0.2) is 0 Å².